The van der Waals surface area contributed by atoms with E-state index in [-0.39, 0.29) is 24.6 Å². The van der Waals surface area contributed by atoms with E-state index in [9.17, 15) is 9.59 Å². The summed E-state index contributed by atoms with van der Waals surface area (Å²) >= 11 is 0. The molecule has 0 bridgehead atoms. The molecule has 94 valence electrons. The summed E-state index contributed by atoms with van der Waals surface area (Å²) < 4.78 is 5.26. The van der Waals surface area contributed by atoms with Crippen LogP contribution in [0.2, 0.25) is 0 Å². The highest BCUT2D eigenvalue weighted by Crippen LogP contribution is 2.18. The highest BCUT2D eigenvalue weighted by Gasteiger charge is 2.08. The van der Waals surface area contributed by atoms with Crippen molar-refractivity contribution in [2.45, 2.75) is 6.92 Å². The first-order valence-electron chi connectivity index (χ1n) is 5.21. The first-order valence-corrected chi connectivity index (χ1v) is 5.21. The number of nitrogens with one attached hydrogen (secondary N) is 1. The Morgan fingerprint density at radius 3 is 2.78 bits per heavy atom. The minimum atomic E-state index is -1.00. The lowest BCUT2D eigenvalue weighted by Crippen LogP contribution is -2.29. The van der Waals surface area contributed by atoms with Crippen molar-refractivity contribution < 1.29 is 19.4 Å². The third-order valence-corrected chi connectivity index (χ3v) is 2.17. The van der Waals surface area contributed by atoms with Crippen molar-refractivity contribution in [3.05, 3.63) is 29.3 Å². The van der Waals surface area contributed by atoms with E-state index in [4.69, 9.17) is 16.3 Å². The highest BCUT2D eigenvalue weighted by molar-refractivity contribution is 5.88. The molecule has 18 heavy (non-hydrogen) atoms. The average Bonchev–Trinajstić information content (AvgIpc) is 2.34. The minimum Gasteiger partial charge on any atom is -0.484 e. The zero-order valence-corrected chi connectivity index (χ0v) is 9.90. The maximum absolute atomic E-state index is 11.2. The summed E-state index contributed by atoms with van der Waals surface area (Å²) in [7, 11) is 0. The number of carbonyl (C=O) groups is 2. The van der Waals surface area contributed by atoms with Crippen molar-refractivity contribution in [3.8, 4) is 18.1 Å². The van der Waals surface area contributed by atoms with Crippen molar-refractivity contribution in [2.75, 3.05) is 13.2 Å². The molecule has 5 nitrogen and oxygen atoms in total. The summed E-state index contributed by atoms with van der Waals surface area (Å²) in [5.41, 5.74) is 0.830. The Bertz CT molecular complexity index is 502. The summed E-state index contributed by atoms with van der Waals surface area (Å²) in [6.07, 6.45) is 4.99. The Kier molecular flexibility index (Phi) is 4.76. The highest BCUT2D eigenvalue weighted by atomic mass is 16.5. The lowest BCUT2D eigenvalue weighted by molar-refractivity contribution is -0.122. The Morgan fingerprint density at radius 1 is 1.50 bits per heavy atom. The SMILES string of the molecule is C#CCNC(=O)COc1ccc(C(=O)O)cc1C. The van der Waals surface area contributed by atoms with Gasteiger partial charge >= 0.3 is 5.97 Å². The number of ether oxygens (including phenoxy) is 1. The van der Waals surface area contributed by atoms with Crippen LogP contribution in [-0.2, 0) is 4.79 Å². The maximum atomic E-state index is 11.2. The van der Waals surface area contributed by atoms with Crippen LogP contribution in [0.4, 0.5) is 0 Å². The standard InChI is InChI=1S/C13H13NO4/c1-3-6-14-12(15)8-18-11-5-4-10(13(16)17)7-9(11)2/h1,4-5,7H,6,8H2,2H3,(H,14,15)(H,16,17). The molecule has 0 radical (unpaired) electrons. The number of rotatable bonds is 5. The number of carbonyl (C=O) groups excluding carboxylic acids is 1. The van der Waals surface area contributed by atoms with E-state index in [2.05, 4.69) is 11.2 Å². The fourth-order valence-corrected chi connectivity index (χ4v) is 1.29. The Balaban J connectivity index is 2.61. The van der Waals surface area contributed by atoms with E-state index >= 15 is 0 Å². The van der Waals surface area contributed by atoms with E-state index in [1.807, 2.05) is 0 Å². The normalized spacial score (nSPS) is 9.33. The molecule has 0 spiro atoms. The van der Waals surface area contributed by atoms with Crippen LogP contribution in [0.1, 0.15) is 15.9 Å². The number of carboxylic acids is 1. The zero-order valence-electron chi connectivity index (χ0n) is 9.90. The van der Waals surface area contributed by atoms with Gasteiger partial charge in [-0.1, -0.05) is 5.92 Å². The summed E-state index contributed by atoms with van der Waals surface area (Å²) in [4.78, 5) is 22.0. The molecule has 1 aromatic carbocycles. The third-order valence-electron chi connectivity index (χ3n) is 2.17. The van der Waals surface area contributed by atoms with Crippen molar-refractivity contribution in [1.29, 1.82) is 0 Å². The molecular formula is C13H13NO4. The van der Waals surface area contributed by atoms with Crippen molar-refractivity contribution in [3.63, 3.8) is 0 Å². The van der Waals surface area contributed by atoms with Crippen LogP contribution >= 0.6 is 0 Å². The van der Waals surface area contributed by atoms with Gasteiger partial charge in [0.2, 0.25) is 0 Å². The van der Waals surface area contributed by atoms with Crippen LogP contribution in [0.15, 0.2) is 18.2 Å². The van der Waals surface area contributed by atoms with E-state index in [1.54, 1.807) is 6.92 Å². The van der Waals surface area contributed by atoms with E-state index in [1.165, 1.54) is 18.2 Å². The van der Waals surface area contributed by atoms with Crippen LogP contribution in [0.25, 0.3) is 0 Å². The minimum absolute atomic E-state index is 0.152. The molecular weight excluding hydrogens is 234 g/mol. The van der Waals surface area contributed by atoms with Gasteiger partial charge < -0.3 is 15.2 Å². The fraction of sp³-hybridized carbons (Fsp3) is 0.231. The molecule has 0 aliphatic heterocycles. The zero-order chi connectivity index (χ0) is 13.5. The van der Waals surface area contributed by atoms with Crippen molar-refractivity contribution in [2.24, 2.45) is 0 Å². The molecule has 0 atom stereocenters. The summed E-state index contributed by atoms with van der Waals surface area (Å²) in [5.74, 6) is 1.42. The first kappa shape index (κ1) is 13.6. The maximum Gasteiger partial charge on any atom is 0.335 e. The van der Waals surface area contributed by atoms with Gasteiger partial charge in [0.05, 0.1) is 12.1 Å². The Morgan fingerprint density at radius 2 is 2.22 bits per heavy atom. The summed E-state index contributed by atoms with van der Waals surface area (Å²) in [6.45, 7) is 1.70. The molecule has 0 aliphatic carbocycles. The smallest absolute Gasteiger partial charge is 0.335 e. The topological polar surface area (TPSA) is 75.6 Å². The predicted octanol–water partition coefficient (Wildman–Crippen LogP) is 0.821. The second-order valence-corrected chi connectivity index (χ2v) is 3.55. The lowest BCUT2D eigenvalue weighted by atomic mass is 10.1. The van der Waals surface area contributed by atoms with Crippen LogP contribution in [0.3, 0.4) is 0 Å². The molecule has 1 rings (SSSR count). The van der Waals surface area contributed by atoms with Gasteiger partial charge in [-0.15, -0.1) is 6.42 Å². The van der Waals surface area contributed by atoms with Crippen LogP contribution in [-0.4, -0.2) is 30.1 Å². The largest absolute Gasteiger partial charge is 0.484 e. The fourth-order valence-electron chi connectivity index (χ4n) is 1.29. The molecule has 0 aromatic heterocycles. The molecule has 1 aromatic rings. The molecule has 0 saturated carbocycles. The van der Waals surface area contributed by atoms with Crippen molar-refractivity contribution in [1.82, 2.24) is 5.32 Å². The number of benzene rings is 1. The summed E-state index contributed by atoms with van der Waals surface area (Å²) in [5, 5.41) is 11.2. The van der Waals surface area contributed by atoms with Gasteiger partial charge in [-0.25, -0.2) is 4.79 Å². The van der Waals surface area contributed by atoms with Gasteiger partial charge in [-0.05, 0) is 30.7 Å². The molecule has 0 saturated heterocycles. The third kappa shape index (κ3) is 3.83. The lowest BCUT2D eigenvalue weighted by Gasteiger charge is -2.09. The number of aryl methyl sites for hydroxylation is 1. The second kappa shape index (κ2) is 6.30. The first-order chi connectivity index (χ1) is 8.54. The van der Waals surface area contributed by atoms with Gasteiger partial charge in [0.15, 0.2) is 6.61 Å². The van der Waals surface area contributed by atoms with Gasteiger partial charge in [-0.3, -0.25) is 4.79 Å². The molecule has 0 aliphatic rings. The number of amides is 1. The number of hydrogen-bond donors (Lipinski definition) is 2. The number of carboxylic acid groups (broad SMARTS) is 1. The number of hydrogen-bond acceptors (Lipinski definition) is 3. The molecule has 0 fully saturated rings. The van der Waals surface area contributed by atoms with Crippen LogP contribution < -0.4 is 10.1 Å². The molecule has 0 heterocycles. The Labute approximate surface area is 105 Å². The monoisotopic (exact) mass is 247 g/mol. The van der Waals surface area contributed by atoms with Gasteiger partial charge in [0, 0.05) is 0 Å². The van der Waals surface area contributed by atoms with Crippen molar-refractivity contribution >= 4 is 11.9 Å². The van der Waals surface area contributed by atoms with Gasteiger partial charge in [-0.2, -0.15) is 0 Å². The predicted molar refractivity (Wildman–Crippen MR) is 65.5 cm³/mol. The summed E-state index contributed by atoms with van der Waals surface area (Å²) in [6, 6.07) is 4.42. The second-order valence-electron chi connectivity index (χ2n) is 3.55. The van der Waals surface area contributed by atoms with Crippen LogP contribution in [0, 0.1) is 19.3 Å². The Hall–Kier alpha value is -2.48. The molecule has 5 heteroatoms. The molecule has 0 unspecified atom stereocenters. The quantitative estimate of drug-likeness (QED) is 0.755. The van der Waals surface area contributed by atoms with Gasteiger partial charge in [0.1, 0.15) is 5.75 Å². The van der Waals surface area contributed by atoms with Gasteiger partial charge in [0.25, 0.3) is 5.91 Å². The van der Waals surface area contributed by atoms with Crippen LogP contribution in [0.5, 0.6) is 5.75 Å². The average molecular weight is 247 g/mol. The number of terminal acetylenes is 1. The van der Waals surface area contributed by atoms with E-state index in [0.717, 1.165) is 0 Å². The number of aromatic carboxylic acids is 1. The van der Waals surface area contributed by atoms with E-state index < -0.39 is 5.97 Å². The van der Waals surface area contributed by atoms with E-state index in [0.29, 0.717) is 11.3 Å². The molecule has 1 amide bonds. The molecule has 2 N–H and O–H groups in total.